The van der Waals surface area contributed by atoms with E-state index in [2.05, 4.69) is 44.7 Å². The molecule has 1 fully saturated rings. The van der Waals surface area contributed by atoms with Gasteiger partial charge in [0.05, 0.1) is 0 Å². The molecule has 108 valence electrons. The van der Waals surface area contributed by atoms with Gasteiger partial charge in [-0.3, -0.25) is 4.90 Å². The van der Waals surface area contributed by atoms with Crippen LogP contribution >= 0.6 is 0 Å². The van der Waals surface area contributed by atoms with Gasteiger partial charge in [-0.05, 0) is 45.3 Å². The van der Waals surface area contributed by atoms with Crippen molar-refractivity contribution in [1.29, 1.82) is 0 Å². The Bertz CT molecular complexity index is 250. The summed E-state index contributed by atoms with van der Waals surface area (Å²) < 4.78 is 0. The Hall–Kier alpha value is -0.120. The Balaban J connectivity index is 2.86. The monoisotopic (exact) mass is 255 g/mol. The lowest BCUT2D eigenvalue weighted by molar-refractivity contribution is 0.00879. The zero-order valence-corrected chi connectivity index (χ0v) is 13.1. The van der Waals surface area contributed by atoms with Crippen LogP contribution in [0.25, 0.3) is 0 Å². The van der Waals surface area contributed by atoms with Gasteiger partial charge in [-0.1, -0.05) is 27.2 Å². The number of likely N-dealkylation sites (N-methyl/N-ethyl adjacent to an activating group) is 1. The summed E-state index contributed by atoms with van der Waals surface area (Å²) in [7, 11) is 4.30. The van der Waals surface area contributed by atoms with Crippen LogP contribution in [0.3, 0.4) is 0 Å². The van der Waals surface area contributed by atoms with Crippen LogP contribution < -0.4 is 5.73 Å². The summed E-state index contributed by atoms with van der Waals surface area (Å²) in [4.78, 5) is 4.95. The van der Waals surface area contributed by atoms with E-state index >= 15 is 0 Å². The summed E-state index contributed by atoms with van der Waals surface area (Å²) in [6, 6.07) is 0. The Morgan fingerprint density at radius 1 is 1.06 bits per heavy atom. The van der Waals surface area contributed by atoms with E-state index in [4.69, 9.17) is 5.73 Å². The second kappa shape index (κ2) is 6.36. The van der Waals surface area contributed by atoms with Crippen molar-refractivity contribution in [2.75, 3.05) is 40.3 Å². The number of nitrogens with two attached hydrogens (primary N) is 1. The largest absolute Gasteiger partial charge is 0.329 e. The van der Waals surface area contributed by atoms with E-state index in [1.807, 2.05) is 0 Å². The highest BCUT2D eigenvalue weighted by atomic mass is 15.2. The van der Waals surface area contributed by atoms with Crippen molar-refractivity contribution in [3.05, 3.63) is 0 Å². The van der Waals surface area contributed by atoms with E-state index in [1.54, 1.807) is 0 Å². The molecule has 0 heterocycles. The molecule has 0 amide bonds. The van der Waals surface area contributed by atoms with E-state index in [-0.39, 0.29) is 5.54 Å². The van der Waals surface area contributed by atoms with E-state index in [9.17, 15) is 0 Å². The van der Waals surface area contributed by atoms with Gasteiger partial charge in [0.2, 0.25) is 0 Å². The van der Waals surface area contributed by atoms with Crippen molar-refractivity contribution in [2.45, 2.75) is 52.0 Å². The SMILES string of the molecule is CCCN(CCN(C)C)C1(CN)CCCC1(C)C. The second-order valence-electron chi connectivity index (χ2n) is 6.76. The molecule has 1 rings (SSSR count). The molecule has 0 aromatic rings. The molecule has 18 heavy (non-hydrogen) atoms. The highest BCUT2D eigenvalue weighted by molar-refractivity contribution is 5.07. The zero-order chi connectivity index (χ0) is 13.8. The molecule has 0 spiro atoms. The van der Waals surface area contributed by atoms with Gasteiger partial charge < -0.3 is 10.6 Å². The molecule has 1 aliphatic rings. The van der Waals surface area contributed by atoms with Crippen molar-refractivity contribution in [2.24, 2.45) is 11.1 Å². The minimum Gasteiger partial charge on any atom is -0.329 e. The van der Waals surface area contributed by atoms with Gasteiger partial charge in [0.25, 0.3) is 0 Å². The van der Waals surface area contributed by atoms with Gasteiger partial charge in [0, 0.05) is 25.2 Å². The lowest BCUT2D eigenvalue weighted by Gasteiger charge is -2.50. The first kappa shape index (κ1) is 15.9. The molecule has 0 radical (unpaired) electrons. The molecule has 1 atom stereocenters. The van der Waals surface area contributed by atoms with E-state index in [0.29, 0.717) is 5.41 Å². The molecule has 0 aliphatic heterocycles. The standard InChI is InChI=1S/C15H33N3/c1-6-10-18(12-11-17(4)5)15(13-16)9-7-8-14(15,2)3/h6-13,16H2,1-5H3. The fraction of sp³-hybridized carbons (Fsp3) is 1.00. The summed E-state index contributed by atoms with van der Waals surface area (Å²) in [5, 5.41) is 0. The first-order valence-corrected chi connectivity index (χ1v) is 7.49. The van der Waals surface area contributed by atoms with Crippen LogP contribution in [-0.2, 0) is 0 Å². The Labute approximate surface area is 114 Å². The van der Waals surface area contributed by atoms with E-state index < -0.39 is 0 Å². The first-order chi connectivity index (χ1) is 8.39. The third-order valence-electron chi connectivity index (χ3n) is 4.91. The predicted molar refractivity (Wildman–Crippen MR) is 79.8 cm³/mol. The highest BCUT2D eigenvalue weighted by Crippen LogP contribution is 2.49. The number of hydrogen-bond donors (Lipinski definition) is 1. The van der Waals surface area contributed by atoms with Gasteiger partial charge >= 0.3 is 0 Å². The van der Waals surface area contributed by atoms with Crippen LogP contribution in [0.5, 0.6) is 0 Å². The topological polar surface area (TPSA) is 32.5 Å². The lowest BCUT2D eigenvalue weighted by Crippen LogP contribution is -2.61. The summed E-state index contributed by atoms with van der Waals surface area (Å²) in [6.07, 6.45) is 5.12. The average Bonchev–Trinajstić information content (AvgIpc) is 2.60. The fourth-order valence-electron chi connectivity index (χ4n) is 3.62. The molecular formula is C15H33N3. The van der Waals surface area contributed by atoms with Crippen molar-refractivity contribution < 1.29 is 0 Å². The molecular weight excluding hydrogens is 222 g/mol. The fourth-order valence-corrected chi connectivity index (χ4v) is 3.62. The van der Waals surface area contributed by atoms with Gasteiger partial charge in [-0.2, -0.15) is 0 Å². The predicted octanol–water partition coefficient (Wildman–Crippen LogP) is 2.17. The number of hydrogen-bond acceptors (Lipinski definition) is 3. The third kappa shape index (κ3) is 3.06. The van der Waals surface area contributed by atoms with E-state index in [1.165, 1.54) is 32.2 Å². The van der Waals surface area contributed by atoms with Gasteiger partial charge in [-0.15, -0.1) is 0 Å². The van der Waals surface area contributed by atoms with Crippen LogP contribution in [0, 0.1) is 5.41 Å². The molecule has 3 heteroatoms. The summed E-state index contributed by atoms with van der Waals surface area (Å²) in [5.74, 6) is 0. The highest BCUT2D eigenvalue weighted by Gasteiger charge is 2.50. The minimum atomic E-state index is 0.221. The summed E-state index contributed by atoms with van der Waals surface area (Å²) in [5.41, 5.74) is 6.80. The second-order valence-corrected chi connectivity index (χ2v) is 6.76. The molecule has 0 bridgehead atoms. The maximum absolute atomic E-state index is 6.23. The number of nitrogens with zero attached hydrogens (tertiary/aromatic N) is 2. The maximum Gasteiger partial charge on any atom is 0.0383 e. The molecule has 3 nitrogen and oxygen atoms in total. The molecule has 1 aliphatic carbocycles. The van der Waals surface area contributed by atoms with Crippen molar-refractivity contribution >= 4 is 0 Å². The Morgan fingerprint density at radius 3 is 2.11 bits per heavy atom. The van der Waals surface area contributed by atoms with Gasteiger partial charge in [0.1, 0.15) is 0 Å². The Kier molecular flexibility index (Phi) is 5.63. The minimum absolute atomic E-state index is 0.221. The zero-order valence-electron chi connectivity index (χ0n) is 13.1. The van der Waals surface area contributed by atoms with E-state index in [0.717, 1.165) is 19.6 Å². The molecule has 0 saturated heterocycles. The quantitative estimate of drug-likeness (QED) is 0.757. The van der Waals surface area contributed by atoms with Crippen LogP contribution in [0.4, 0.5) is 0 Å². The molecule has 0 aromatic heterocycles. The van der Waals surface area contributed by atoms with Gasteiger partial charge in [0.15, 0.2) is 0 Å². The molecule has 2 N–H and O–H groups in total. The van der Waals surface area contributed by atoms with Crippen LogP contribution in [0.15, 0.2) is 0 Å². The third-order valence-corrected chi connectivity index (χ3v) is 4.91. The normalized spacial score (nSPS) is 27.3. The van der Waals surface area contributed by atoms with Gasteiger partial charge in [-0.25, -0.2) is 0 Å². The molecule has 0 aromatic carbocycles. The average molecular weight is 255 g/mol. The molecule has 1 unspecified atom stereocenters. The number of rotatable bonds is 7. The van der Waals surface area contributed by atoms with Crippen molar-refractivity contribution in [3.8, 4) is 0 Å². The van der Waals surface area contributed by atoms with Crippen LogP contribution in [0.1, 0.15) is 46.5 Å². The lowest BCUT2D eigenvalue weighted by atomic mass is 9.73. The smallest absolute Gasteiger partial charge is 0.0383 e. The molecule has 1 saturated carbocycles. The first-order valence-electron chi connectivity index (χ1n) is 7.49. The van der Waals surface area contributed by atoms with Crippen LogP contribution in [0.2, 0.25) is 0 Å². The Morgan fingerprint density at radius 2 is 1.72 bits per heavy atom. The summed E-state index contributed by atoms with van der Waals surface area (Å²) in [6.45, 7) is 11.3. The van der Waals surface area contributed by atoms with Crippen LogP contribution in [-0.4, -0.2) is 55.6 Å². The maximum atomic E-state index is 6.23. The summed E-state index contributed by atoms with van der Waals surface area (Å²) >= 11 is 0. The van der Waals surface area contributed by atoms with Crippen molar-refractivity contribution in [3.63, 3.8) is 0 Å². The van der Waals surface area contributed by atoms with Crippen molar-refractivity contribution in [1.82, 2.24) is 9.80 Å².